The van der Waals surface area contributed by atoms with Gasteiger partial charge in [-0.15, -0.1) is 0 Å². The first-order chi connectivity index (χ1) is 9.74. The van der Waals surface area contributed by atoms with Crippen LogP contribution in [0.5, 0.6) is 17.2 Å². The van der Waals surface area contributed by atoms with E-state index in [2.05, 4.69) is 0 Å². The van der Waals surface area contributed by atoms with Crippen LogP contribution in [0.1, 0.15) is 18.9 Å². The molecule has 0 aliphatic heterocycles. The van der Waals surface area contributed by atoms with Crippen LogP contribution in [-0.4, -0.2) is 11.7 Å². The fraction of sp³-hybridized carbons (Fsp3) is 0.250. The zero-order valence-corrected chi connectivity index (χ0v) is 11.3. The van der Waals surface area contributed by atoms with Crippen LogP contribution in [0.3, 0.4) is 0 Å². The van der Waals surface area contributed by atoms with Gasteiger partial charge >= 0.3 is 0 Å². The molecule has 106 valence electrons. The minimum Gasteiger partial charge on any atom is -0.490 e. The van der Waals surface area contributed by atoms with Crippen LogP contribution in [0.4, 0.5) is 4.39 Å². The molecule has 0 amide bonds. The number of ether oxygens (including phenoxy) is 2. The Morgan fingerprint density at radius 2 is 1.80 bits per heavy atom. The third kappa shape index (κ3) is 3.48. The first-order valence-corrected chi connectivity index (χ1v) is 6.53. The van der Waals surface area contributed by atoms with Gasteiger partial charge in [-0.1, -0.05) is 19.1 Å². The maximum atomic E-state index is 13.1. The molecule has 3 nitrogen and oxygen atoms in total. The molecular formula is C16H17FO3. The summed E-state index contributed by atoms with van der Waals surface area (Å²) in [5.41, 5.74) is 0.398. The van der Waals surface area contributed by atoms with Crippen LogP contribution in [0, 0.1) is 5.82 Å². The second-order valence-corrected chi connectivity index (χ2v) is 4.31. The molecule has 0 heterocycles. The van der Waals surface area contributed by atoms with Gasteiger partial charge in [0.1, 0.15) is 11.6 Å². The minimum atomic E-state index is -0.406. The molecule has 0 aliphatic carbocycles. The lowest BCUT2D eigenvalue weighted by Crippen LogP contribution is -1.98. The van der Waals surface area contributed by atoms with E-state index in [4.69, 9.17) is 9.47 Å². The molecule has 1 N–H and O–H groups in total. The summed E-state index contributed by atoms with van der Waals surface area (Å²) in [4.78, 5) is 0. The Hall–Kier alpha value is -2.07. The van der Waals surface area contributed by atoms with E-state index in [0.717, 1.165) is 6.42 Å². The fourth-order valence-corrected chi connectivity index (χ4v) is 1.76. The molecule has 0 saturated carbocycles. The number of rotatable bonds is 6. The Labute approximate surface area is 117 Å². The lowest BCUT2D eigenvalue weighted by atomic mass is 10.2. The van der Waals surface area contributed by atoms with E-state index in [1.54, 1.807) is 6.07 Å². The first-order valence-electron chi connectivity index (χ1n) is 6.53. The zero-order valence-electron chi connectivity index (χ0n) is 11.3. The van der Waals surface area contributed by atoms with Crippen molar-refractivity contribution in [1.82, 2.24) is 0 Å². The lowest BCUT2D eigenvalue weighted by molar-refractivity contribution is 0.273. The number of para-hydroxylation sites is 2. The number of hydrogen-bond acceptors (Lipinski definition) is 3. The molecule has 0 aromatic heterocycles. The van der Waals surface area contributed by atoms with Crippen molar-refractivity contribution in [1.29, 1.82) is 0 Å². The molecule has 0 radical (unpaired) electrons. The Morgan fingerprint density at radius 3 is 2.50 bits per heavy atom. The molecular weight excluding hydrogens is 259 g/mol. The van der Waals surface area contributed by atoms with Gasteiger partial charge in [-0.3, -0.25) is 0 Å². The second-order valence-electron chi connectivity index (χ2n) is 4.31. The van der Waals surface area contributed by atoms with E-state index in [0.29, 0.717) is 29.4 Å². The third-order valence-electron chi connectivity index (χ3n) is 2.72. The third-order valence-corrected chi connectivity index (χ3v) is 2.72. The van der Waals surface area contributed by atoms with E-state index in [9.17, 15) is 9.50 Å². The Balaban J connectivity index is 2.25. The van der Waals surface area contributed by atoms with Crippen LogP contribution >= 0.6 is 0 Å². The molecule has 0 bridgehead atoms. The normalized spacial score (nSPS) is 10.3. The van der Waals surface area contributed by atoms with Crippen LogP contribution in [-0.2, 0) is 6.61 Å². The Morgan fingerprint density at radius 1 is 1.05 bits per heavy atom. The maximum absolute atomic E-state index is 13.1. The first kappa shape index (κ1) is 14.3. The monoisotopic (exact) mass is 276 g/mol. The molecule has 0 unspecified atom stereocenters. The van der Waals surface area contributed by atoms with Crippen LogP contribution in [0.15, 0.2) is 42.5 Å². The predicted molar refractivity (Wildman–Crippen MR) is 74.6 cm³/mol. The fourth-order valence-electron chi connectivity index (χ4n) is 1.76. The van der Waals surface area contributed by atoms with E-state index in [1.807, 2.05) is 25.1 Å². The zero-order chi connectivity index (χ0) is 14.4. The van der Waals surface area contributed by atoms with Crippen molar-refractivity contribution in [3.63, 3.8) is 0 Å². The van der Waals surface area contributed by atoms with E-state index in [-0.39, 0.29) is 6.61 Å². The van der Waals surface area contributed by atoms with Crippen LogP contribution < -0.4 is 9.47 Å². The van der Waals surface area contributed by atoms with Gasteiger partial charge in [-0.25, -0.2) is 4.39 Å². The van der Waals surface area contributed by atoms with Crippen molar-refractivity contribution in [2.24, 2.45) is 0 Å². The van der Waals surface area contributed by atoms with Gasteiger partial charge in [-0.05, 0) is 36.8 Å². The summed E-state index contributed by atoms with van der Waals surface area (Å²) in [5.74, 6) is 1.18. The topological polar surface area (TPSA) is 38.7 Å². The molecule has 2 aromatic carbocycles. The van der Waals surface area contributed by atoms with Crippen molar-refractivity contribution in [2.45, 2.75) is 20.0 Å². The highest BCUT2D eigenvalue weighted by Gasteiger charge is 2.09. The highest BCUT2D eigenvalue weighted by Crippen LogP contribution is 2.33. The standard InChI is InChI=1S/C16H17FO3/c1-2-9-19-15-5-3-4-6-16(15)20-14-8-7-13(17)10-12(14)11-18/h3-8,10,18H,2,9,11H2,1H3. The summed E-state index contributed by atoms with van der Waals surface area (Å²) in [6, 6.07) is 11.3. The number of hydrogen-bond donors (Lipinski definition) is 1. The predicted octanol–water partition coefficient (Wildman–Crippen LogP) is 3.90. The van der Waals surface area contributed by atoms with Crippen LogP contribution in [0.2, 0.25) is 0 Å². The van der Waals surface area contributed by atoms with Crippen LogP contribution in [0.25, 0.3) is 0 Å². The van der Waals surface area contributed by atoms with E-state index < -0.39 is 5.82 Å². The Kier molecular flexibility index (Phi) is 4.96. The molecule has 20 heavy (non-hydrogen) atoms. The van der Waals surface area contributed by atoms with Crippen molar-refractivity contribution < 1.29 is 19.0 Å². The van der Waals surface area contributed by atoms with Gasteiger partial charge in [-0.2, -0.15) is 0 Å². The van der Waals surface area contributed by atoms with Gasteiger partial charge in [0.25, 0.3) is 0 Å². The SMILES string of the molecule is CCCOc1ccccc1Oc1ccc(F)cc1CO. The van der Waals surface area contributed by atoms with E-state index in [1.165, 1.54) is 18.2 Å². The smallest absolute Gasteiger partial charge is 0.169 e. The molecule has 0 atom stereocenters. The summed E-state index contributed by atoms with van der Waals surface area (Å²) in [6.45, 7) is 2.33. The summed E-state index contributed by atoms with van der Waals surface area (Å²) in [5, 5.41) is 9.25. The summed E-state index contributed by atoms with van der Waals surface area (Å²) < 4.78 is 24.5. The minimum absolute atomic E-state index is 0.287. The van der Waals surface area contributed by atoms with Crippen molar-refractivity contribution >= 4 is 0 Å². The lowest BCUT2D eigenvalue weighted by Gasteiger charge is -2.13. The number of aliphatic hydroxyl groups is 1. The van der Waals surface area contributed by atoms with Gasteiger partial charge in [0.15, 0.2) is 11.5 Å². The molecule has 0 saturated heterocycles. The van der Waals surface area contributed by atoms with E-state index >= 15 is 0 Å². The number of benzene rings is 2. The number of halogens is 1. The summed E-state index contributed by atoms with van der Waals surface area (Å²) >= 11 is 0. The van der Waals surface area contributed by atoms with Crippen molar-refractivity contribution in [2.75, 3.05) is 6.61 Å². The molecule has 2 rings (SSSR count). The molecule has 0 aliphatic rings. The van der Waals surface area contributed by atoms with Gasteiger partial charge in [0.05, 0.1) is 13.2 Å². The molecule has 0 fully saturated rings. The summed E-state index contributed by atoms with van der Waals surface area (Å²) in [6.07, 6.45) is 0.896. The van der Waals surface area contributed by atoms with Crippen molar-refractivity contribution in [3.8, 4) is 17.2 Å². The highest BCUT2D eigenvalue weighted by atomic mass is 19.1. The highest BCUT2D eigenvalue weighted by molar-refractivity contribution is 5.44. The van der Waals surface area contributed by atoms with Crippen molar-refractivity contribution in [3.05, 3.63) is 53.8 Å². The molecule has 2 aromatic rings. The average molecular weight is 276 g/mol. The van der Waals surface area contributed by atoms with Gasteiger partial charge in [0.2, 0.25) is 0 Å². The Bertz CT molecular complexity index is 569. The second kappa shape index (κ2) is 6.91. The summed E-state index contributed by atoms with van der Waals surface area (Å²) in [7, 11) is 0. The number of aliphatic hydroxyl groups excluding tert-OH is 1. The molecule has 0 spiro atoms. The van der Waals surface area contributed by atoms with Gasteiger partial charge in [0, 0.05) is 5.56 Å². The molecule has 4 heteroatoms. The van der Waals surface area contributed by atoms with Gasteiger partial charge < -0.3 is 14.6 Å². The quantitative estimate of drug-likeness (QED) is 0.869. The largest absolute Gasteiger partial charge is 0.490 e. The maximum Gasteiger partial charge on any atom is 0.169 e. The average Bonchev–Trinajstić information content (AvgIpc) is 2.48.